The molecule has 2 aromatic rings. The van der Waals surface area contributed by atoms with Crippen molar-refractivity contribution in [1.82, 2.24) is 0 Å². The van der Waals surface area contributed by atoms with Crippen molar-refractivity contribution >= 4 is 33.2 Å². The second-order valence-electron chi connectivity index (χ2n) is 5.01. The van der Waals surface area contributed by atoms with Crippen LogP contribution in [0.3, 0.4) is 0 Å². The van der Waals surface area contributed by atoms with Gasteiger partial charge in [0.2, 0.25) is 5.91 Å². The molecule has 0 saturated heterocycles. The lowest BCUT2D eigenvalue weighted by atomic mass is 10.1. The van der Waals surface area contributed by atoms with Crippen molar-refractivity contribution in [3.8, 4) is 0 Å². The first-order chi connectivity index (χ1) is 9.63. The standard InChI is InChI=1S/C16H15BrN2O/c1-10-8-12(17)6-7-13(10)19-16(20)15-9-11-4-2-3-5-14(11)18-15/h2-8,15,18H,9H2,1H3,(H,19,20)/t15-/m0/s1. The molecular formula is C16H15BrN2O. The SMILES string of the molecule is Cc1cc(Br)ccc1NC(=O)[C@@H]1Cc2ccccc2N1. The van der Waals surface area contributed by atoms with E-state index < -0.39 is 0 Å². The molecule has 3 nitrogen and oxygen atoms in total. The molecule has 2 aromatic carbocycles. The number of anilines is 2. The van der Waals surface area contributed by atoms with E-state index in [1.807, 2.05) is 43.3 Å². The van der Waals surface area contributed by atoms with E-state index in [0.717, 1.165) is 27.8 Å². The Morgan fingerprint density at radius 1 is 1.30 bits per heavy atom. The Kier molecular flexibility index (Phi) is 3.49. The summed E-state index contributed by atoms with van der Waals surface area (Å²) in [6.45, 7) is 1.98. The number of fused-ring (bicyclic) bond motifs is 1. The van der Waals surface area contributed by atoms with Gasteiger partial charge in [0.1, 0.15) is 6.04 Å². The number of amides is 1. The summed E-state index contributed by atoms with van der Waals surface area (Å²) in [5.41, 5.74) is 4.15. The molecule has 0 spiro atoms. The molecule has 0 aromatic heterocycles. The summed E-state index contributed by atoms with van der Waals surface area (Å²) in [6, 6.07) is 13.7. The van der Waals surface area contributed by atoms with Crippen LogP contribution in [0, 0.1) is 6.92 Å². The van der Waals surface area contributed by atoms with Crippen LogP contribution in [0.2, 0.25) is 0 Å². The topological polar surface area (TPSA) is 41.1 Å². The van der Waals surface area contributed by atoms with Crippen molar-refractivity contribution in [3.05, 3.63) is 58.1 Å². The van der Waals surface area contributed by atoms with Crippen LogP contribution in [0.15, 0.2) is 46.9 Å². The van der Waals surface area contributed by atoms with Crippen molar-refractivity contribution in [2.45, 2.75) is 19.4 Å². The van der Waals surface area contributed by atoms with Crippen LogP contribution in [0.25, 0.3) is 0 Å². The lowest BCUT2D eigenvalue weighted by Gasteiger charge is -2.13. The summed E-state index contributed by atoms with van der Waals surface area (Å²) in [7, 11) is 0. The number of benzene rings is 2. The van der Waals surface area contributed by atoms with E-state index in [2.05, 4.69) is 32.6 Å². The average Bonchev–Trinajstić information content (AvgIpc) is 2.86. The van der Waals surface area contributed by atoms with Crippen molar-refractivity contribution in [3.63, 3.8) is 0 Å². The lowest BCUT2D eigenvalue weighted by Crippen LogP contribution is -2.33. The maximum atomic E-state index is 12.3. The number of halogens is 1. The summed E-state index contributed by atoms with van der Waals surface area (Å²) in [4.78, 5) is 12.3. The van der Waals surface area contributed by atoms with E-state index in [4.69, 9.17) is 0 Å². The molecular weight excluding hydrogens is 316 g/mol. The van der Waals surface area contributed by atoms with Gasteiger partial charge in [0.15, 0.2) is 0 Å². The molecule has 0 saturated carbocycles. The molecule has 0 aliphatic carbocycles. The van der Waals surface area contributed by atoms with Gasteiger partial charge in [-0.25, -0.2) is 0 Å². The third kappa shape index (κ3) is 2.56. The number of aryl methyl sites for hydroxylation is 1. The first-order valence-corrected chi connectivity index (χ1v) is 7.34. The quantitative estimate of drug-likeness (QED) is 0.880. The van der Waals surface area contributed by atoms with Gasteiger partial charge in [-0.1, -0.05) is 34.1 Å². The molecule has 2 N–H and O–H groups in total. The van der Waals surface area contributed by atoms with Crippen LogP contribution in [0.4, 0.5) is 11.4 Å². The second kappa shape index (κ2) is 5.29. The summed E-state index contributed by atoms with van der Waals surface area (Å²) >= 11 is 3.42. The van der Waals surface area contributed by atoms with Crippen LogP contribution < -0.4 is 10.6 Å². The highest BCUT2D eigenvalue weighted by molar-refractivity contribution is 9.10. The van der Waals surface area contributed by atoms with Crippen LogP contribution in [-0.2, 0) is 11.2 Å². The molecule has 1 heterocycles. The monoisotopic (exact) mass is 330 g/mol. The lowest BCUT2D eigenvalue weighted by molar-refractivity contribution is -0.116. The minimum atomic E-state index is -0.199. The number of carbonyl (C=O) groups excluding carboxylic acids is 1. The molecule has 1 amide bonds. The largest absolute Gasteiger partial charge is 0.373 e. The highest BCUT2D eigenvalue weighted by atomic mass is 79.9. The number of hydrogen-bond acceptors (Lipinski definition) is 2. The first kappa shape index (κ1) is 13.2. The molecule has 4 heteroatoms. The molecule has 0 fully saturated rings. The molecule has 0 radical (unpaired) electrons. The van der Waals surface area contributed by atoms with E-state index in [-0.39, 0.29) is 11.9 Å². The molecule has 1 aliphatic rings. The predicted molar refractivity (Wildman–Crippen MR) is 85.1 cm³/mol. The Bertz CT molecular complexity index is 644. The molecule has 0 bridgehead atoms. The fourth-order valence-corrected chi connectivity index (χ4v) is 2.92. The van der Waals surface area contributed by atoms with Gasteiger partial charge < -0.3 is 10.6 Å². The average molecular weight is 331 g/mol. The Morgan fingerprint density at radius 3 is 2.85 bits per heavy atom. The molecule has 1 aliphatic heterocycles. The second-order valence-corrected chi connectivity index (χ2v) is 5.92. The molecule has 3 rings (SSSR count). The Hall–Kier alpha value is -1.81. The third-order valence-corrected chi connectivity index (χ3v) is 4.03. The van der Waals surface area contributed by atoms with Crippen molar-refractivity contribution in [2.75, 3.05) is 10.6 Å². The molecule has 0 unspecified atom stereocenters. The van der Waals surface area contributed by atoms with Crippen molar-refractivity contribution in [1.29, 1.82) is 0 Å². The first-order valence-electron chi connectivity index (χ1n) is 6.55. The van der Waals surface area contributed by atoms with Gasteiger partial charge in [0.05, 0.1) is 0 Å². The maximum absolute atomic E-state index is 12.3. The Morgan fingerprint density at radius 2 is 2.10 bits per heavy atom. The molecule has 1 atom stereocenters. The zero-order valence-electron chi connectivity index (χ0n) is 11.1. The number of hydrogen-bond donors (Lipinski definition) is 2. The van der Waals surface area contributed by atoms with Gasteiger partial charge in [-0.3, -0.25) is 4.79 Å². The van der Waals surface area contributed by atoms with Gasteiger partial charge in [-0.15, -0.1) is 0 Å². The third-order valence-electron chi connectivity index (χ3n) is 3.53. The number of carbonyl (C=O) groups is 1. The summed E-state index contributed by atoms with van der Waals surface area (Å²) in [5.74, 6) is 0.00613. The highest BCUT2D eigenvalue weighted by Gasteiger charge is 2.26. The van der Waals surface area contributed by atoms with Crippen molar-refractivity contribution in [2.24, 2.45) is 0 Å². The van der Waals surface area contributed by atoms with Gasteiger partial charge in [-0.05, 0) is 42.3 Å². The van der Waals surface area contributed by atoms with E-state index in [1.54, 1.807) is 0 Å². The van der Waals surface area contributed by atoms with Gasteiger partial charge in [0.25, 0.3) is 0 Å². The van der Waals surface area contributed by atoms with Crippen LogP contribution in [0.5, 0.6) is 0 Å². The molecule has 102 valence electrons. The van der Waals surface area contributed by atoms with E-state index in [0.29, 0.717) is 0 Å². The summed E-state index contributed by atoms with van der Waals surface area (Å²) < 4.78 is 1.01. The van der Waals surface area contributed by atoms with Crippen molar-refractivity contribution < 1.29 is 4.79 Å². The predicted octanol–water partition coefficient (Wildman–Crippen LogP) is 3.73. The van der Waals surface area contributed by atoms with Crippen LogP contribution >= 0.6 is 15.9 Å². The van der Waals surface area contributed by atoms with E-state index >= 15 is 0 Å². The highest BCUT2D eigenvalue weighted by Crippen LogP contribution is 2.26. The van der Waals surface area contributed by atoms with Crippen LogP contribution in [0.1, 0.15) is 11.1 Å². The van der Waals surface area contributed by atoms with Crippen LogP contribution in [-0.4, -0.2) is 11.9 Å². The minimum absolute atomic E-state index is 0.00613. The van der Waals surface area contributed by atoms with E-state index in [9.17, 15) is 4.79 Å². The number of nitrogens with one attached hydrogen (secondary N) is 2. The maximum Gasteiger partial charge on any atom is 0.247 e. The minimum Gasteiger partial charge on any atom is -0.373 e. The normalized spacial score (nSPS) is 16.4. The Balaban J connectivity index is 1.72. The summed E-state index contributed by atoms with van der Waals surface area (Å²) in [5, 5.41) is 6.26. The molecule has 20 heavy (non-hydrogen) atoms. The number of para-hydroxylation sites is 1. The van der Waals surface area contributed by atoms with Gasteiger partial charge >= 0.3 is 0 Å². The van der Waals surface area contributed by atoms with Gasteiger partial charge in [-0.2, -0.15) is 0 Å². The fourth-order valence-electron chi connectivity index (χ4n) is 2.44. The van der Waals surface area contributed by atoms with E-state index in [1.165, 1.54) is 5.56 Å². The zero-order valence-corrected chi connectivity index (χ0v) is 12.7. The smallest absolute Gasteiger partial charge is 0.247 e. The van der Waals surface area contributed by atoms with Gasteiger partial charge in [0, 0.05) is 22.3 Å². The zero-order chi connectivity index (χ0) is 14.1. The summed E-state index contributed by atoms with van der Waals surface area (Å²) in [6.07, 6.45) is 0.734. The Labute approximate surface area is 126 Å². The number of rotatable bonds is 2. The fraction of sp³-hybridized carbons (Fsp3) is 0.188.